The third kappa shape index (κ3) is 61.1. The first-order valence-electron chi connectivity index (χ1n) is 35.2. The lowest BCUT2D eigenvalue weighted by Crippen LogP contribution is -2.30. The summed E-state index contributed by atoms with van der Waals surface area (Å²) < 4.78 is 68.2. The van der Waals surface area contributed by atoms with Crippen LogP contribution < -0.4 is 0 Å². The first kappa shape index (κ1) is 85.5. The molecule has 0 bridgehead atoms. The zero-order valence-corrected chi connectivity index (χ0v) is 58.5. The van der Waals surface area contributed by atoms with Crippen molar-refractivity contribution in [2.75, 3.05) is 39.6 Å². The number of hydrogen-bond donors (Lipinski definition) is 3. The molecule has 0 spiro atoms. The van der Waals surface area contributed by atoms with Crippen molar-refractivity contribution in [2.45, 2.75) is 336 Å². The van der Waals surface area contributed by atoms with E-state index in [1.165, 1.54) is 109 Å². The van der Waals surface area contributed by atoms with Crippen molar-refractivity contribution in [3.8, 4) is 0 Å². The number of rotatable bonds is 65. The molecule has 88 heavy (non-hydrogen) atoms. The standard InChI is InChI=1S/C69H130O17P2/c1-8-10-11-12-13-14-15-16-17-18-19-20-30-38-45-52-68(73)85-65(57-80-67(72)51-44-37-32-25-27-34-41-48-61(5)6)59-84-88(77,78)82-55-63(70)54-81-87(75,76)83-58-64(56-79-66(71)50-43-36-29-23-21-26-33-40-47-60(3)4)86-69(74)53-46-39-31-24-22-28-35-42-49-62(7)9-2/h14-17,60-65,70H,8-13,18-59H2,1-7H3,(H,75,76)(H,77,78)/b15-14-,17-16-/t62?,63?,64-,65-/m1/s1. The Morgan fingerprint density at radius 1 is 0.375 bits per heavy atom. The molecule has 0 radical (unpaired) electrons. The Morgan fingerprint density at radius 3 is 1.01 bits per heavy atom. The third-order valence-electron chi connectivity index (χ3n) is 15.6. The van der Waals surface area contributed by atoms with Crippen LogP contribution in [0.4, 0.5) is 0 Å². The highest BCUT2D eigenvalue weighted by molar-refractivity contribution is 7.47. The van der Waals surface area contributed by atoms with E-state index in [-0.39, 0.29) is 25.7 Å². The summed E-state index contributed by atoms with van der Waals surface area (Å²) in [6.45, 7) is 11.7. The van der Waals surface area contributed by atoms with Gasteiger partial charge in [0.15, 0.2) is 12.2 Å². The first-order chi connectivity index (χ1) is 42.3. The summed E-state index contributed by atoms with van der Waals surface area (Å²) >= 11 is 0. The van der Waals surface area contributed by atoms with E-state index in [4.69, 9.17) is 37.0 Å². The Hall–Kier alpha value is -2.46. The number of aliphatic hydroxyl groups is 1. The predicted octanol–water partition coefficient (Wildman–Crippen LogP) is 19.0. The van der Waals surface area contributed by atoms with Crippen LogP contribution in [0, 0.1) is 17.8 Å². The summed E-state index contributed by atoms with van der Waals surface area (Å²) in [4.78, 5) is 72.4. The Morgan fingerprint density at radius 2 is 0.670 bits per heavy atom. The summed E-state index contributed by atoms with van der Waals surface area (Å²) in [6.07, 6.45) is 45.3. The van der Waals surface area contributed by atoms with Crippen molar-refractivity contribution in [2.24, 2.45) is 17.8 Å². The number of esters is 4. The van der Waals surface area contributed by atoms with Crippen molar-refractivity contribution >= 4 is 39.5 Å². The minimum atomic E-state index is -4.96. The van der Waals surface area contributed by atoms with Crippen molar-refractivity contribution in [3.05, 3.63) is 24.3 Å². The van der Waals surface area contributed by atoms with E-state index in [9.17, 15) is 43.2 Å². The van der Waals surface area contributed by atoms with E-state index in [1.807, 2.05) is 0 Å². The Labute approximate surface area is 535 Å². The summed E-state index contributed by atoms with van der Waals surface area (Å²) in [5, 5.41) is 10.6. The number of carbonyl (C=O) groups excluding carboxylic acids is 4. The third-order valence-corrected chi connectivity index (χ3v) is 17.5. The molecule has 17 nitrogen and oxygen atoms in total. The molecule has 0 saturated heterocycles. The zero-order chi connectivity index (χ0) is 65.2. The van der Waals surface area contributed by atoms with Crippen LogP contribution in [0.2, 0.25) is 0 Å². The second-order valence-electron chi connectivity index (χ2n) is 25.4. The van der Waals surface area contributed by atoms with E-state index in [2.05, 4.69) is 72.8 Å². The first-order valence-corrected chi connectivity index (χ1v) is 38.2. The molecule has 6 atom stereocenters. The van der Waals surface area contributed by atoms with Crippen LogP contribution in [0.5, 0.6) is 0 Å². The molecule has 0 aromatic heterocycles. The maximum absolute atomic E-state index is 13.0. The van der Waals surface area contributed by atoms with Crippen LogP contribution >= 0.6 is 15.6 Å². The second kappa shape index (κ2) is 59.5. The van der Waals surface area contributed by atoms with Gasteiger partial charge in [-0.05, 0) is 69.1 Å². The molecule has 518 valence electrons. The number of unbranched alkanes of at least 4 members (excludes halogenated alkanes) is 29. The molecule has 0 heterocycles. The van der Waals surface area contributed by atoms with Crippen LogP contribution in [0.25, 0.3) is 0 Å². The molecule has 0 aliphatic heterocycles. The fraction of sp³-hybridized carbons (Fsp3) is 0.884. The average molecular weight is 1290 g/mol. The molecule has 0 aliphatic rings. The van der Waals surface area contributed by atoms with Crippen molar-refractivity contribution in [3.63, 3.8) is 0 Å². The van der Waals surface area contributed by atoms with Crippen LogP contribution in [0.3, 0.4) is 0 Å². The van der Waals surface area contributed by atoms with E-state index < -0.39 is 97.5 Å². The lowest BCUT2D eigenvalue weighted by Gasteiger charge is -2.21. The highest BCUT2D eigenvalue weighted by atomic mass is 31.2. The highest BCUT2D eigenvalue weighted by Gasteiger charge is 2.30. The Bertz CT molecular complexity index is 1830. The number of ether oxygens (including phenoxy) is 4. The van der Waals surface area contributed by atoms with Crippen LogP contribution in [-0.2, 0) is 65.4 Å². The summed E-state index contributed by atoms with van der Waals surface area (Å²) in [5.41, 5.74) is 0. The monoisotopic (exact) mass is 1290 g/mol. The lowest BCUT2D eigenvalue weighted by molar-refractivity contribution is -0.161. The normalized spacial score (nSPS) is 14.7. The average Bonchev–Trinajstić information content (AvgIpc) is 3.44. The van der Waals surface area contributed by atoms with Gasteiger partial charge in [0, 0.05) is 25.7 Å². The molecule has 0 fully saturated rings. The Balaban J connectivity index is 5.29. The smallest absolute Gasteiger partial charge is 0.462 e. The summed E-state index contributed by atoms with van der Waals surface area (Å²) in [6, 6.07) is 0. The minimum Gasteiger partial charge on any atom is -0.462 e. The van der Waals surface area contributed by atoms with E-state index in [0.717, 1.165) is 121 Å². The highest BCUT2D eigenvalue weighted by Crippen LogP contribution is 2.45. The molecule has 0 amide bonds. The largest absolute Gasteiger partial charge is 0.472 e. The molecule has 0 aromatic carbocycles. The number of phosphoric acid groups is 2. The van der Waals surface area contributed by atoms with Gasteiger partial charge < -0.3 is 33.8 Å². The molecular formula is C69H130O17P2. The molecule has 0 aliphatic carbocycles. The van der Waals surface area contributed by atoms with Gasteiger partial charge in [0.2, 0.25) is 0 Å². The van der Waals surface area contributed by atoms with Gasteiger partial charge in [0.25, 0.3) is 0 Å². The number of allylic oxidation sites excluding steroid dienone is 4. The van der Waals surface area contributed by atoms with Gasteiger partial charge in [-0.25, -0.2) is 9.13 Å². The van der Waals surface area contributed by atoms with E-state index in [0.29, 0.717) is 31.6 Å². The SMILES string of the molecule is CCCCCC/C=C\C=C/CCCCCCCC(=O)O[C@H](COC(=O)CCCCCCCCCC(C)C)COP(=O)(O)OCC(O)COP(=O)(O)OC[C@@H](COC(=O)CCCCCCCCCCC(C)C)OC(=O)CCCCCCCCCCC(C)CC. The molecule has 0 aromatic rings. The molecule has 19 heteroatoms. The van der Waals surface area contributed by atoms with Gasteiger partial charge in [-0.2, -0.15) is 0 Å². The fourth-order valence-corrected chi connectivity index (χ4v) is 11.4. The van der Waals surface area contributed by atoms with Crippen molar-refractivity contribution in [1.29, 1.82) is 0 Å². The molecule has 3 N–H and O–H groups in total. The van der Waals surface area contributed by atoms with Crippen LogP contribution in [-0.4, -0.2) is 96.7 Å². The minimum absolute atomic E-state index is 0.0836. The lowest BCUT2D eigenvalue weighted by atomic mass is 9.99. The summed E-state index contributed by atoms with van der Waals surface area (Å²) in [7, 11) is -9.91. The van der Waals surface area contributed by atoms with Gasteiger partial charge in [-0.3, -0.25) is 37.3 Å². The van der Waals surface area contributed by atoms with Gasteiger partial charge in [0.1, 0.15) is 19.3 Å². The zero-order valence-electron chi connectivity index (χ0n) is 56.7. The fourth-order valence-electron chi connectivity index (χ4n) is 9.79. The van der Waals surface area contributed by atoms with Gasteiger partial charge >= 0.3 is 39.5 Å². The molecular weight excluding hydrogens is 1160 g/mol. The quantitative estimate of drug-likeness (QED) is 0.0169. The molecule has 0 rings (SSSR count). The van der Waals surface area contributed by atoms with Crippen LogP contribution in [0.1, 0.15) is 318 Å². The maximum atomic E-state index is 13.0. The van der Waals surface area contributed by atoms with Crippen molar-refractivity contribution < 1.29 is 80.2 Å². The van der Waals surface area contributed by atoms with Crippen LogP contribution in [0.15, 0.2) is 24.3 Å². The predicted molar refractivity (Wildman–Crippen MR) is 354 cm³/mol. The van der Waals surface area contributed by atoms with Crippen molar-refractivity contribution in [1.82, 2.24) is 0 Å². The number of phosphoric ester groups is 2. The van der Waals surface area contributed by atoms with E-state index in [1.54, 1.807) is 0 Å². The number of carbonyl (C=O) groups is 4. The second-order valence-corrected chi connectivity index (χ2v) is 28.3. The summed E-state index contributed by atoms with van der Waals surface area (Å²) in [5.74, 6) is 0.0326. The molecule has 4 unspecified atom stereocenters. The maximum Gasteiger partial charge on any atom is 0.472 e. The van der Waals surface area contributed by atoms with Gasteiger partial charge in [-0.15, -0.1) is 0 Å². The number of hydrogen-bond acceptors (Lipinski definition) is 15. The van der Waals surface area contributed by atoms with E-state index >= 15 is 0 Å². The van der Waals surface area contributed by atoms with Gasteiger partial charge in [-0.1, -0.05) is 265 Å². The van der Waals surface area contributed by atoms with Gasteiger partial charge in [0.05, 0.1) is 26.4 Å². The molecule has 0 saturated carbocycles. The number of aliphatic hydroxyl groups excluding tert-OH is 1. The topological polar surface area (TPSA) is 237 Å². The Kier molecular flexibility index (Phi) is 57.9.